The molecule has 0 radical (unpaired) electrons. The highest BCUT2D eigenvalue weighted by atomic mass is 35.5. The molecule has 0 atom stereocenters. The summed E-state index contributed by atoms with van der Waals surface area (Å²) in [5.41, 5.74) is 2.50. The van der Waals surface area contributed by atoms with Crippen LogP contribution in [0.1, 0.15) is 28.8 Å². The maximum atomic E-state index is 12.7. The number of rotatable bonds is 3. The molecule has 1 saturated carbocycles. The maximum absolute atomic E-state index is 12.7. The predicted octanol–water partition coefficient (Wildman–Crippen LogP) is 3.48. The van der Waals surface area contributed by atoms with E-state index in [-0.39, 0.29) is 5.91 Å². The van der Waals surface area contributed by atoms with Crippen molar-refractivity contribution in [2.45, 2.75) is 25.4 Å². The summed E-state index contributed by atoms with van der Waals surface area (Å²) < 4.78 is 5.76. The number of hydrogen-bond donors (Lipinski definition) is 0. The van der Waals surface area contributed by atoms with Gasteiger partial charge in [0.15, 0.2) is 0 Å². The number of benzene rings is 1. The second-order valence-electron chi connectivity index (χ2n) is 5.70. The summed E-state index contributed by atoms with van der Waals surface area (Å²) in [4.78, 5) is 18.6. The molecule has 1 amide bonds. The molecule has 0 bridgehead atoms. The van der Waals surface area contributed by atoms with Gasteiger partial charge in [0.05, 0.1) is 24.2 Å². The molecule has 2 aromatic rings. The Bertz CT molecular complexity index is 743. The Kier molecular flexibility index (Phi) is 3.26. The zero-order valence-electron chi connectivity index (χ0n) is 12.0. The molecule has 4 rings (SSSR count). The van der Waals surface area contributed by atoms with Crippen molar-refractivity contribution < 1.29 is 9.53 Å². The summed E-state index contributed by atoms with van der Waals surface area (Å²) in [6.07, 6.45) is 6.71. The normalized spacial score (nSPS) is 17.3. The van der Waals surface area contributed by atoms with Crippen LogP contribution in [0.4, 0.5) is 5.69 Å². The van der Waals surface area contributed by atoms with Gasteiger partial charge in [-0.05, 0) is 43.0 Å². The average molecular weight is 315 g/mol. The second-order valence-corrected chi connectivity index (χ2v) is 6.14. The quantitative estimate of drug-likeness (QED) is 0.871. The molecule has 2 heterocycles. The third kappa shape index (κ3) is 2.55. The van der Waals surface area contributed by atoms with E-state index in [2.05, 4.69) is 4.98 Å². The molecular formula is C17H15ClN2O2. The minimum atomic E-state index is -0.0108. The molecule has 0 unspecified atom stereocenters. The number of amides is 1. The van der Waals surface area contributed by atoms with Crippen LogP contribution in [0.2, 0.25) is 5.02 Å². The van der Waals surface area contributed by atoms with E-state index in [1.54, 1.807) is 29.4 Å². The lowest BCUT2D eigenvalue weighted by Gasteiger charge is -2.28. The van der Waals surface area contributed by atoms with E-state index < -0.39 is 0 Å². The molecule has 0 spiro atoms. The van der Waals surface area contributed by atoms with Crippen molar-refractivity contribution in [1.82, 2.24) is 4.98 Å². The average Bonchev–Trinajstić information content (AvgIpc) is 3.31. The number of carbonyl (C=O) groups is 1. The molecule has 22 heavy (non-hydrogen) atoms. The highest BCUT2D eigenvalue weighted by Gasteiger charge is 2.27. The number of carbonyl (C=O) groups excluding carboxylic acids is 1. The fraction of sp³-hybridized carbons (Fsp3) is 0.294. The van der Waals surface area contributed by atoms with Gasteiger partial charge in [0.2, 0.25) is 0 Å². The van der Waals surface area contributed by atoms with E-state index >= 15 is 0 Å². The van der Waals surface area contributed by atoms with Gasteiger partial charge >= 0.3 is 0 Å². The monoisotopic (exact) mass is 314 g/mol. The minimum absolute atomic E-state index is 0.0108. The van der Waals surface area contributed by atoms with Crippen LogP contribution in [0.5, 0.6) is 5.75 Å². The van der Waals surface area contributed by atoms with Gasteiger partial charge in [-0.1, -0.05) is 11.6 Å². The van der Waals surface area contributed by atoms with Gasteiger partial charge in [-0.25, -0.2) is 0 Å². The van der Waals surface area contributed by atoms with Crippen molar-refractivity contribution >= 4 is 23.2 Å². The fourth-order valence-corrected chi connectivity index (χ4v) is 2.90. The molecule has 5 heteroatoms. The van der Waals surface area contributed by atoms with Crippen molar-refractivity contribution in [1.29, 1.82) is 0 Å². The molecule has 112 valence electrons. The third-order valence-corrected chi connectivity index (χ3v) is 4.22. The van der Waals surface area contributed by atoms with E-state index in [0.717, 1.165) is 36.3 Å². The van der Waals surface area contributed by atoms with E-state index in [0.29, 0.717) is 23.2 Å². The van der Waals surface area contributed by atoms with E-state index in [4.69, 9.17) is 16.3 Å². The zero-order chi connectivity index (χ0) is 15.1. The molecule has 1 aliphatic heterocycles. The standard InChI is InChI=1S/C17H15ClN2O2/c18-12-1-4-16-11(7-12)5-6-20(17(16)21)13-8-15(10-19-9-13)22-14-2-3-14/h1,4,7-10,14H,2-3,5-6H2. The van der Waals surface area contributed by atoms with Gasteiger partial charge in [0.25, 0.3) is 5.91 Å². The summed E-state index contributed by atoms with van der Waals surface area (Å²) in [6, 6.07) is 7.32. The Morgan fingerprint density at radius 3 is 2.91 bits per heavy atom. The van der Waals surface area contributed by atoms with Crippen molar-refractivity contribution in [3.63, 3.8) is 0 Å². The molecule has 2 aliphatic rings. The first-order valence-electron chi connectivity index (χ1n) is 7.43. The Morgan fingerprint density at radius 2 is 2.09 bits per heavy atom. The van der Waals surface area contributed by atoms with Crippen LogP contribution in [0.15, 0.2) is 36.7 Å². The molecule has 0 saturated heterocycles. The first-order chi connectivity index (χ1) is 10.7. The summed E-state index contributed by atoms with van der Waals surface area (Å²) >= 11 is 6.00. The van der Waals surface area contributed by atoms with Crippen LogP contribution in [-0.4, -0.2) is 23.5 Å². The topological polar surface area (TPSA) is 42.4 Å². The van der Waals surface area contributed by atoms with E-state index in [9.17, 15) is 4.79 Å². The maximum Gasteiger partial charge on any atom is 0.258 e. The number of aromatic nitrogens is 1. The largest absolute Gasteiger partial charge is 0.489 e. The molecule has 1 aliphatic carbocycles. The highest BCUT2D eigenvalue weighted by Crippen LogP contribution is 2.30. The third-order valence-electron chi connectivity index (χ3n) is 3.99. The predicted molar refractivity (Wildman–Crippen MR) is 84.7 cm³/mol. The summed E-state index contributed by atoms with van der Waals surface area (Å²) in [6.45, 7) is 0.626. The number of halogens is 1. The van der Waals surface area contributed by atoms with Gasteiger partial charge in [0, 0.05) is 23.2 Å². The molecule has 0 N–H and O–H groups in total. The summed E-state index contributed by atoms with van der Waals surface area (Å²) in [7, 11) is 0. The summed E-state index contributed by atoms with van der Waals surface area (Å²) in [5.74, 6) is 0.720. The second kappa shape index (κ2) is 5.29. The van der Waals surface area contributed by atoms with Gasteiger partial charge in [-0.2, -0.15) is 0 Å². The van der Waals surface area contributed by atoms with Crippen molar-refractivity contribution in [3.05, 3.63) is 52.8 Å². The molecule has 1 fully saturated rings. The number of pyridine rings is 1. The lowest BCUT2D eigenvalue weighted by Crippen LogP contribution is -2.37. The van der Waals surface area contributed by atoms with Gasteiger partial charge in [-0.3, -0.25) is 9.78 Å². The Labute approximate surface area is 133 Å². The van der Waals surface area contributed by atoms with Crippen LogP contribution >= 0.6 is 11.6 Å². The molecular weight excluding hydrogens is 300 g/mol. The fourth-order valence-electron chi connectivity index (χ4n) is 2.70. The number of fused-ring (bicyclic) bond motifs is 1. The number of anilines is 1. The summed E-state index contributed by atoms with van der Waals surface area (Å²) in [5, 5.41) is 0.668. The van der Waals surface area contributed by atoms with E-state index in [1.807, 2.05) is 12.1 Å². The van der Waals surface area contributed by atoms with Gasteiger partial charge in [-0.15, -0.1) is 0 Å². The number of nitrogens with zero attached hydrogens (tertiary/aromatic N) is 2. The van der Waals surface area contributed by atoms with Gasteiger partial charge < -0.3 is 9.64 Å². The lowest BCUT2D eigenvalue weighted by molar-refractivity contribution is 0.0980. The first kappa shape index (κ1) is 13.6. The van der Waals surface area contributed by atoms with Crippen LogP contribution < -0.4 is 9.64 Å². The zero-order valence-corrected chi connectivity index (χ0v) is 12.7. The Hall–Kier alpha value is -2.07. The molecule has 4 nitrogen and oxygen atoms in total. The van der Waals surface area contributed by atoms with Crippen molar-refractivity contribution in [2.24, 2.45) is 0 Å². The number of ether oxygens (including phenoxy) is 1. The first-order valence-corrected chi connectivity index (χ1v) is 7.80. The Morgan fingerprint density at radius 1 is 1.23 bits per heavy atom. The highest BCUT2D eigenvalue weighted by molar-refractivity contribution is 6.30. The van der Waals surface area contributed by atoms with Crippen LogP contribution in [0.3, 0.4) is 0 Å². The smallest absolute Gasteiger partial charge is 0.258 e. The van der Waals surface area contributed by atoms with Crippen molar-refractivity contribution in [3.8, 4) is 5.75 Å². The number of hydrogen-bond acceptors (Lipinski definition) is 3. The van der Waals surface area contributed by atoms with Crippen LogP contribution in [-0.2, 0) is 6.42 Å². The van der Waals surface area contributed by atoms with E-state index in [1.165, 1.54) is 0 Å². The van der Waals surface area contributed by atoms with Crippen LogP contribution in [0, 0.1) is 0 Å². The van der Waals surface area contributed by atoms with Gasteiger partial charge in [0.1, 0.15) is 5.75 Å². The molecule has 1 aromatic heterocycles. The van der Waals surface area contributed by atoms with Crippen molar-refractivity contribution in [2.75, 3.05) is 11.4 Å². The van der Waals surface area contributed by atoms with Crippen LogP contribution in [0.25, 0.3) is 0 Å². The SMILES string of the molecule is O=C1c2ccc(Cl)cc2CCN1c1cncc(OC2CC2)c1. The lowest BCUT2D eigenvalue weighted by atomic mass is 9.99. The minimum Gasteiger partial charge on any atom is -0.489 e. The molecule has 1 aromatic carbocycles. The Balaban J connectivity index is 1.63.